The topological polar surface area (TPSA) is 0 Å². The highest BCUT2D eigenvalue weighted by atomic mass is 19.1. The Balaban J connectivity index is 1.44. The highest BCUT2D eigenvalue weighted by Gasteiger charge is 2.22. The molecule has 1 aliphatic carbocycles. The fourth-order valence-electron chi connectivity index (χ4n) is 5.22. The van der Waals surface area contributed by atoms with E-state index in [1.165, 1.54) is 62.5 Å². The average Bonchev–Trinajstić information content (AvgIpc) is 2.88. The molecule has 1 aliphatic rings. The van der Waals surface area contributed by atoms with Crippen molar-refractivity contribution >= 4 is 10.8 Å². The van der Waals surface area contributed by atoms with Gasteiger partial charge < -0.3 is 0 Å². The second kappa shape index (κ2) is 12.0. The van der Waals surface area contributed by atoms with Gasteiger partial charge in [-0.05, 0) is 105 Å². The smallest absolute Gasteiger partial charge is 0.146 e. The van der Waals surface area contributed by atoms with E-state index in [4.69, 9.17) is 0 Å². The maximum Gasteiger partial charge on any atom is 0.146 e. The Labute approximate surface area is 205 Å². The van der Waals surface area contributed by atoms with Crippen molar-refractivity contribution in [3.8, 4) is 11.8 Å². The number of hydrogen-bond donors (Lipinski definition) is 0. The van der Waals surface area contributed by atoms with E-state index in [1.54, 1.807) is 0 Å². The molecule has 3 aromatic rings. The molecule has 3 aromatic carbocycles. The Kier molecular flexibility index (Phi) is 8.59. The lowest BCUT2D eigenvalue weighted by atomic mass is 9.77. The van der Waals surface area contributed by atoms with Crippen LogP contribution in [-0.2, 0) is 6.42 Å². The first-order chi connectivity index (χ1) is 16.7. The monoisotopic (exact) mass is 452 g/mol. The summed E-state index contributed by atoms with van der Waals surface area (Å²) in [5.41, 5.74) is 4.09. The van der Waals surface area contributed by atoms with Crippen LogP contribution in [0.1, 0.15) is 93.4 Å². The highest BCUT2D eigenvalue weighted by molar-refractivity contribution is 5.85. The predicted molar refractivity (Wildman–Crippen MR) is 144 cm³/mol. The summed E-state index contributed by atoms with van der Waals surface area (Å²) >= 11 is 0. The van der Waals surface area contributed by atoms with Gasteiger partial charge in [0.05, 0.1) is 5.56 Å². The zero-order chi connectivity index (χ0) is 23.8. The third kappa shape index (κ3) is 6.18. The van der Waals surface area contributed by atoms with Gasteiger partial charge in [0.25, 0.3) is 0 Å². The van der Waals surface area contributed by atoms with Gasteiger partial charge in [-0.25, -0.2) is 4.39 Å². The van der Waals surface area contributed by atoms with E-state index < -0.39 is 0 Å². The summed E-state index contributed by atoms with van der Waals surface area (Å²) in [7, 11) is 0. The van der Waals surface area contributed by atoms with Crippen molar-refractivity contribution in [1.82, 2.24) is 0 Å². The largest absolute Gasteiger partial charge is 0.205 e. The molecule has 1 saturated carbocycles. The molecular formula is C33H37F. The maximum absolute atomic E-state index is 15.2. The first-order valence-electron chi connectivity index (χ1n) is 13.1. The SMILES string of the molecule is C/C=C/CCC1CCC(c2ccc3c(F)c(C#Cc4ccc(CCCC)cc4)ccc3c2)CC1. The van der Waals surface area contributed by atoms with Crippen molar-refractivity contribution in [2.75, 3.05) is 0 Å². The fraction of sp³-hybridized carbons (Fsp3) is 0.394. The molecule has 0 atom stereocenters. The Hall–Kier alpha value is -2.85. The molecule has 0 heterocycles. The molecule has 34 heavy (non-hydrogen) atoms. The molecule has 1 heteroatoms. The van der Waals surface area contributed by atoms with Crippen LogP contribution in [0.15, 0.2) is 66.7 Å². The van der Waals surface area contributed by atoms with Crippen molar-refractivity contribution in [1.29, 1.82) is 0 Å². The summed E-state index contributed by atoms with van der Waals surface area (Å²) in [6.07, 6.45) is 15.6. The minimum atomic E-state index is -0.205. The van der Waals surface area contributed by atoms with Crippen molar-refractivity contribution in [3.05, 3.63) is 94.8 Å². The number of benzene rings is 3. The second-order valence-electron chi connectivity index (χ2n) is 9.82. The maximum atomic E-state index is 15.2. The van der Waals surface area contributed by atoms with Gasteiger partial charge in [0, 0.05) is 10.9 Å². The molecule has 0 bridgehead atoms. The number of halogens is 1. The summed E-state index contributed by atoms with van der Waals surface area (Å²) in [6, 6.07) is 18.5. The number of unbranched alkanes of at least 4 members (excludes halogenated alkanes) is 1. The molecule has 0 amide bonds. The minimum Gasteiger partial charge on any atom is -0.205 e. The van der Waals surface area contributed by atoms with E-state index >= 15 is 4.39 Å². The molecular weight excluding hydrogens is 415 g/mol. The second-order valence-corrected chi connectivity index (χ2v) is 9.82. The quantitative estimate of drug-likeness (QED) is 0.247. The van der Waals surface area contributed by atoms with Gasteiger partial charge >= 0.3 is 0 Å². The molecule has 0 N–H and O–H groups in total. The Morgan fingerprint density at radius 1 is 0.941 bits per heavy atom. The summed E-state index contributed by atoms with van der Waals surface area (Å²) in [6.45, 7) is 4.30. The zero-order valence-electron chi connectivity index (χ0n) is 20.7. The first kappa shape index (κ1) is 24.3. The molecule has 0 aromatic heterocycles. The summed E-state index contributed by atoms with van der Waals surface area (Å²) in [5, 5.41) is 1.65. The number of rotatable bonds is 7. The molecule has 1 fully saturated rings. The van der Waals surface area contributed by atoms with Gasteiger partial charge in [-0.3, -0.25) is 0 Å². The minimum absolute atomic E-state index is 0.205. The molecule has 0 saturated heterocycles. The summed E-state index contributed by atoms with van der Waals surface area (Å²) < 4.78 is 15.2. The van der Waals surface area contributed by atoms with Crippen molar-refractivity contribution < 1.29 is 4.39 Å². The van der Waals surface area contributed by atoms with Gasteiger partial charge in [0.15, 0.2) is 0 Å². The number of hydrogen-bond acceptors (Lipinski definition) is 0. The molecule has 0 unspecified atom stereocenters. The third-order valence-corrected chi connectivity index (χ3v) is 7.39. The van der Waals surface area contributed by atoms with E-state index in [0.29, 0.717) is 16.9 Å². The van der Waals surface area contributed by atoms with Crippen molar-refractivity contribution in [2.45, 2.75) is 77.6 Å². The highest BCUT2D eigenvalue weighted by Crippen LogP contribution is 2.38. The van der Waals surface area contributed by atoms with Crippen molar-refractivity contribution in [3.63, 3.8) is 0 Å². The molecule has 0 radical (unpaired) electrons. The van der Waals surface area contributed by atoms with E-state index in [0.717, 1.165) is 23.3 Å². The summed E-state index contributed by atoms with van der Waals surface area (Å²) in [5.74, 6) is 7.46. The average molecular weight is 453 g/mol. The fourth-order valence-corrected chi connectivity index (χ4v) is 5.22. The van der Waals surface area contributed by atoms with Gasteiger partial charge in [0.1, 0.15) is 5.82 Å². The number of allylic oxidation sites excluding steroid dienone is 2. The summed E-state index contributed by atoms with van der Waals surface area (Å²) in [4.78, 5) is 0. The van der Waals surface area contributed by atoms with Gasteiger partial charge in [0.2, 0.25) is 0 Å². The lowest BCUT2D eigenvalue weighted by Crippen LogP contribution is -2.13. The van der Waals surface area contributed by atoms with Crippen LogP contribution < -0.4 is 0 Å². The molecule has 176 valence electrons. The lowest BCUT2D eigenvalue weighted by Gasteiger charge is -2.28. The van der Waals surface area contributed by atoms with Crippen molar-refractivity contribution in [2.24, 2.45) is 5.92 Å². The zero-order valence-corrected chi connectivity index (χ0v) is 20.7. The van der Waals surface area contributed by atoms with Crippen LogP contribution in [0.4, 0.5) is 4.39 Å². The normalized spacial score (nSPS) is 18.2. The van der Waals surface area contributed by atoms with Crippen LogP contribution in [0.3, 0.4) is 0 Å². The Morgan fingerprint density at radius 3 is 2.47 bits per heavy atom. The van der Waals surface area contributed by atoms with Gasteiger partial charge in [-0.15, -0.1) is 0 Å². The van der Waals surface area contributed by atoms with Gasteiger partial charge in [-0.1, -0.05) is 73.7 Å². The van der Waals surface area contributed by atoms with Crippen LogP contribution in [0, 0.1) is 23.6 Å². The van der Waals surface area contributed by atoms with E-state index in [2.05, 4.69) is 62.1 Å². The third-order valence-electron chi connectivity index (χ3n) is 7.39. The van der Waals surface area contributed by atoms with Crippen LogP contribution in [0.2, 0.25) is 0 Å². The molecule has 0 spiro atoms. The van der Waals surface area contributed by atoms with E-state index in [1.807, 2.05) is 30.3 Å². The Morgan fingerprint density at radius 2 is 1.74 bits per heavy atom. The lowest BCUT2D eigenvalue weighted by molar-refractivity contribution is 0.312. The van der Waals surface area contributed by atoms with E-state index in [-0.39, 0.29) is 5.82 Å². The number of fused-ring (bicyclic) bond motifs is 1. The molecule has 0 aliphatic heterocycles. The van der Waals surface area contributed by atoms with Crippen LogP contribution >= 0.6 is 0 Å². The Bertz CT molecular complexity index is 1160. The van der Waals surface area contributed by atoms with E-state index in [9.17, 15) is 0 Å². The first-order valence-corrected chi connectivity index (χ1v) is 13.1. The van der Waals surface area contributed by atoms with Crippen LogP contribution in [0.25, 0.3) is 10.8 Å². The molecule has 0 nitrogen and oxygen atoms in total. The predicted octanol–water partition coefficient (Wildman–Crippen LogP) is 9.35. The molecule has 4 rings (SSSR count). The van der Waals surface area contributed by atoms with Gasteiger partial charge in [-0.2, -0.15) is 0 Å². The standard InChI is InChI=1S/C33H37F/c1-3-5-7-9-26-14-17-28(18-15-26)30-22-23-32-31(24-30)21-20-29(33(32)34)19-16-27-12-10-25(11-13-27)8-6-4-2/h3,5,10-13,20-24,26,28H,4,6-9,14-15,17-18H2,1-2H3/b5-3+. The number of aryl methyl sites for hydroxylation is 1. The van der Waals surface area contributed by atoms with Crippen LogP contribution in [0.5, 0.6) is 0 Å². The van der Waals surface area contributed by atoms with Crippen LogP contribution in [-0.4, -0.2) is 0 Å².